The lowest BCUT2D eigenvalue weighted by atomic mass is 9.92. The van der Waals surface area contributed by atoms with E-state index < -0.39 is 0 Å². The van der Waals surface area contributed by atoms with Crippen LogP contribution in [-0.2, 0) is 4.79 Å². The van der Waals surface area contributed by atoms with Gasteiger partial charge in [-0.1, -0.05) is 54.6 Å². The quantitative estimate of drug-likeness (QED) is 0.718. The summed E-state index contributed by atoms with van der Waals surface area (Å²) in [5.74, 6) is 0.305. The van der Waals surface area contributed by atoms with E-state index in [4.69, 9.17) is 0 Å². The Morgan fingerprint density at radius 1 is 1.10 bits per heavy atom. The average Bonchev–Trinajstić information content (AvgIpc) is 2.55. The molecule has 0 radical (unpaired) electrons. The van der Waals surface area contributed by atoms with E-state index in [-0.39, 0.29) is 11.8 Å². The van der Waals surface area contributed by atoms with Crippen molar-refractivity contribution in [1.29, 1.82) is 0 Å². The molecule has 0 aliphatic heterocycles. The van der Waals surface area contributed by atoms with Gasteiger partial charge in [0.25, 0.3) is 0 Å². The van der Waals surface area contributed by atoms with Gasteiger partial charge < -0.3 is 4.90 Å². The van der Waals surface area contributed by atoms with Gasteiger partial charge in [-0.2, -0.15) is 0 Å². The van der Waals surface area contributed by atoms with Crippen molar-refractivity contribution in [2.75, 3.05) is 11.9 Å². The van der Waals surface area contributed by atoms with Crippen LogP contribution >= 0.6 is 0 Å². The summed E-state index contributed by atoms with van der Waals surface area (Å²) < 4.78 is 0. The fraction of sp³-hybridized carbons (Fsp3) is 0.211. The molecule has 0 saturated carbocycles. The maximum atomic E-state index is 12.5. The second-order valence-corrected chi connectivity index (χ2v) is 5.12. The highest BCUT2D eigenvalue weighted by molar-refractivity contribution is 5.93. The summed E-state index contributed by atoms with van der Waals surface area (Å²) in [7, 11) is 1.83. The highest BCUT2D eigenvalue weighted by atomic mass is 16.2. The topological polar surface area (TPSA) is 20.3 Å². The van der Waals surface area contributed by atoms with Crippen molar-refractivity contribution in [1.82, 2.24) is 0 Å². The van der Waals surface area contributed by atoms with E-state index in [1.54, 1.807) is 4.90 Å². The second-order valence-electron chi connectivity index (χ2n) is 5.12. The van der Waals surface area contributed by atoms with Crippen molar-refractivity contribution in [2.45, 2.75) is 18.8 Å². The van der Waals surface area contributed by atoms with Gasteiger partial charge in [0.15, 0.2) is 0 Å². The van der Waals surface area contributed by atoms with Crippen molar-refractivity contribution >= 4 is 11.6 Å². The first-order chi connectivity index (χ1) is 10.2. The predicted molar refractivity (Wildman–Crippen MR) is 88.5 cm³/mol. The summed E-state index contributed by atoms with van der Waals surface area (Å²) in [4.78, 5) is 14.2. The van der Waals surface area contributed by atoms with E-state index in [0.717, 1.165) is 12.1 Å². The van der Waals surface area contributed by atoms with Gasteiger partial charge in [0.05, 0.1) is 0 Å². The van der Waals surface area contributed by atoms with Gasteiger partial charge in [-0.15, -0.1) is 6.58 Å². The molecule has 0 aromatic heterocycles. The summed E-state index contributed by atoms with van der Waals surface area (Å²) in [6, 6.07) is 19.9. The third-order valence-electron chi connectivity index (χ3n) is 3.66. The number of amides is 1. The summed E-state index contributed by atoms with van der Waals surface area (Å²) in [5, 5.41) is 0. The van der Waals surface area contributed by atoms with Gasteiger partial charge in [0, 0.05) is 19.2 Å². The first-order valence-corrected chi connectivity index (χ1v) is 7.20. The predicted octanol–water partition coefficient (Wildman–Crippen LogP) is 4.40. The lowest BCUT2D eigenvalue weighted by molar-refractivity contribution is -0.118. The largest absolute Gasteiger partial charge is 0.315 e. The molecule has 2 heteroatoms. The third kappa shape index (κ3) is 4.06. The Bertz CT molecular complexity index is 577. The molecule has 2 nitrogen and oxygen atoms in total. The van der Waals surface area contributed by atoms with Gasteiger partial charge in [0.2, 0.25) is 5.91 Å². The SMILES string of the molecule is C=CCC(CC(=O)N(C)c1ccccc1)c1ccccc1. The van der Waals surface area contributed by atoms with E-state index in [1.165, 1.54) is 5.56 Å². The molecule has 1 amide bonds. The molecule has 0 aliphatic carbocycles. The number of para-hydroxylation sites is 1. The third-order valence-corrected chi connectivity index (χ3v) is 3.66. The van der Waals surface area contributed by atoms with Crippen LogP contribution in [0.1, 0.15) is 24.3 Å². The van der Waals surface area contributed by atoms with Gasteiger partial charge in [-0.3, -0.25) is 4.79 Å². The Kier molecular flexibility index (Phi) is 5.33. The van der Waals surface area contributed by atoms with E-state index >= 15 is 0 Å². The number of carbonyl (C=O) groups excluding carboxylic acids is 1. The Hall–Kier alpha value is -2.35. The van der Waals surface area contributed by atoms with Gasteiger partial charge in [-0.05, 0) is 30.0 Å². The van der Waals surface area contributed by atoms with E-state index in [9.17, 15) is 4.79 Å². The molecule has 1 unspecified atom stereocenters. The fourth-order valence-electron chi connectivity index (χ4n) is 2.41. The Balaban J connectivity index is 2.10. The normalized spacial score (nSPS) is 11.7. The molecular formula is C19H21NO. The second kappa shape index (κ2) is 7.44. The van der Waals surface area contributed by atoms with Crippen LogP contribution < -0.4 is 4.90 Å². The first-order valence-electron chi connectivity index (χ1n) is 7.20. The molecule has 0 saturated heterocycles. The molecular weight excluding hydrogens is 258 g/mol. The number of nitrogens with zero attached hydrogens (tertiary/aromatic N) is 1. The van der Waals surface area contributed by atoms with Crippen molar-refractivity contribution in [3.05, 3.63) is 78.9 Å². The van der Waals surface area contributed by atoms with Crippen LogP contribution in [0.5, 0.6) is 0 Å². The Morgan fingerprint density at radius 3 is 2.24 bits per heavy atom. The minimum atomic E-state index is 0.122. The Morgan fingerprint density at radius 2 is 1.67 bits per heavy atom. The summed E-state index contributed by atoms with van der Waals surface area (Å²) in [6.45, 7) is 3.81. The summed E-state index contributed by atoms with van der Waals surface area (Å²) in [5.41, 5.74) is 2.11. The van der Waals surface area contributed by atoms with Gasteiger partial charge in [0.1, 0.15) is 0 Å². The van der Waals surface area contributed by atoms with Gasteiger partial charge in [-0.25, -0.2) is 0 Å². The van der Waals surface area contributed by atoms with E-state index in [0.29, 0.717) is 6.42 Å². The van der Waals surface area contributed by atoms with Gasteiger partial charge >= 0.3 is 0 Å². The number of carbonyl (C=O) groups is 1. The summed E-state index contributed by atoms with van der Waals surface area (Å²) >= 11 is 0. The molecule has 108 valence electrons. The van der Waals surface area contributed by atoms with Crippen LogP contribution in [0.2, 0.25) is 0 Å². The minimum absolute atomic E-state index is 0.122. The van der Waals surface area contributed by atoms with Crippen LogP contribution in [0.4, 0.5) is 5.69 Å². The number of anilines is 1. The number of hydrogen-bond acceptors (Lipinski definition) is 1. The average molecular weight is 279 g/mol. The van der Waals surface area contributed by atoms with Crippen molar-refractivity contribution < 1.29 is 4.79 Å². The lowest BCUT2D eigenvalue weighted by Gasteiger charge is -2.21. The van der Waals surface area contributed by atoms with Crippen LogP contribution in [-0.4, -0.2) is 13.0 Å². The highest BCUT2D eigenvalue weighted by Gasteiger charge is 2.18. The molecule has 2 rings (SSSR count). The van der Waals surface area contributed by atoms with Crippen molar-refractivity contribution in [3.8, 4) is 0 Å². The van der Waals surface area contributed by atoms with Crippen LogP contribution in [0.15, 0.2) is 73.3 Å². The van der Waals surface area contributed by atoms with E-state index in [2.05, 4.69) is 18.7 Å². The first kappa shape index (κ1) is 15.0. The smallest absolute Gasteiger partial charge is 0.227 e. The zero-order chi connectivity index (χ0) is 15.1. The zero-order valence-electron chi connectivity index (χ0n) is 12.4. The highest BCUT2D eigenvalue weighted by Crippen LogP contribution is 2.25. The fourth-order valence-corrected chi connectivity index (χ4v) is 2.41. The van der Waals surface area contributed by atoms with Crippen LogP contribution in [0.25, 0.3) is 0 Å². The Labute approximate surface area is 126 Å². The van der Waals surface area contributed by atoms with Crippen LogP contribution in [0, 0.1) is 0 Å². The molecule has 2 aromatic rings. The lowest BCUT2D eigenvalue weighted by Crippen LogP contribution is -2.27. The molecule has 0 N–H and O–H groups in total. The maximum absolute atomic E-state index is 12.5. The van der Waals surface area contributed by atoms with E-state index in [1.807, 2.05) is 61.7 Å². The van der Waals surface area contributed by atoms with Crippen LogP contribution in [0.3, 0.4) is 0 Å². The standard InChI is InChI=1S/C19H21NO/c1-3-10-17(16-11-6-4-7-12-16)15-19(21)20(2)18-13-8-5-9-14-18/h3-9,11-14,17H,1,10,15H2,2H3. The maximum Gasteiger partial charge on any atom is 0.227 e. The number of hydrogen-bond donors (Lipinski definition) is 0. The number of benzene rings is 2. The molecule has 0 spiro atoms. The number of allylic oxidation sites excluding steroid dienone is 1. The molecule has 21 heavy (non-hydrogen) atoms. The molecule has 0 bridgehead atoms. The monoisotopic (exact) mass is 279 g/mol. The molecule has 0 fully saturated rings. The molecule has 0 aliphatic rings. The van der Waals surface area contributed by atoms with Crippen molar-refractivity contribution in [2.24, 2.45) is 0 Å². The molecule has 1 atom stereocenters. The molecule has 0 heterocycles. The van der Waals surface area contributed by atoms with Crippen molar-refractivity contribution in [3.63, 3.8) is 0 Å². The summed E-state index contributed by atoms with van der Waals surface area (Å²) in [6.07, 6.45) is 3.17. The minimum Gasteiger partial charge on any atom is -0.315 e. The zero-order valence-corrected chi connectivity index (χ0v) is 12.4. The number of rotatable bonds is 6. The molecule has 2 aromatic carbocycles.